The molecular weight excluding hydrogens is 292 g/mol. The van der Waals surface area contributed by atoms with Crippen molar-refractivity contribution in [2.45, 2.75) is 19.9 Å². The Morgan fingerprint density at radius 2 is 2.06 bits per heavy atom. The average Bonchev–Trinajstić information content (AvgIpc) is 2.33. The second kappa shape index (κ2) is 5.40. The first-order chi connectivity index (χ1) is 8.58. The Morgan fingerprint density at radius 1 is 1.33 bits per heavy atom. The second-order valence-corrected chi connectivity index (χ2v) is 5.20. The van der Waals surface area contributed by atoms with Gasteiger partial charge in [-0.1, -0.05) is 18.2 Å². The zero-order valence-electron chi connectivity index (χ0n) is 10.2. The Balaban J connectivity index is 2.21. The summed E-state index contributed by atoms with van der Waals surface area (Å²) < 4.78 is 2.63. The fourth-order valence-corrected chi connectivity index (χ4v) is 2.50. The van der Waals surface area contributed by atoms with E-state index in [9.17, 15) is 4.79 Å². The molecule has 0 aliphatic heterocycles. The van der Waals surface area contributed by atoms with E-state index in [1.165, 1.54) is 0 Å². The SMILES string of the molecule is Cc1cc(Br)cn(CCc2ccccc2N)c1=O. The first-order valence-corrected chi connectivity index (χ1v) is 6.57. The molecule has 0 aliphatic rings. The van der Waals surface area contributed by atoms with Crippen molar-refractivity contribution in [2.75, 3.05) is 5.73 Å². The normalized spacial score (nSPS) is 10.6. The average molecular weight is 307 g/mol. The molecule has 1 aromatic carbocycles. The summed E-state index contributed by atoms with van der Waals surface area (Å²) in [6, 6.07) is 9.57. The van der Waals surface area contributed by atoms with E-state index in [2.05, 4.69) is 15.9 Å². The van der Waals surface area contributed by atoms with Crippen LogP contribution in [0.3, 0.4) is 0 Å². The lowest BCUT2D eigenvalue weighted by Crippen LogP contribution is -2.22. The van der Waals surface area contributed by atoms with Gasteiger partial charge in [0.05, 0.1) is 0 Å². The van der Waals surface area contributed by atoms with Crippen LogP contribution in [0.1, 0.15) is 11.1 Å². The predicted molar refractivity (Wildman–Crippen MR) is 77.7 cm³/mol. The summed E-state index contributed by atoms with van der Waals surface area (Å²) in [6.07, 6.45) is 2.57. The highest BCUT2D eigenvalue weighted by Crippen LogP contribution is 2.13. The predicted octanol–water partition coefficient (Wildman–Crippen LogP) is 2.74. The molecule has 0 amide bonds. The van der Waals surface area contributed by atoms with Gasteiger partial charge in [-0.2, -0.15) is 0 Å². The molecular formula is C14H15BrN2O. The second-order valence-electron chi connectivity index (χ2n) is 4.29. The van der Waals surface area contributed by atoms with Crippen molar-refractivity contribution in [3.63, 3.8) is 0 Å². The number of hydrogen-bond acceptors (Lipinski definition) is 2. The number of nitrogens with two attached hydrogens (primary N) is 1. The molecule has 0 fully saturated rings. The van der Waals surface area contributed by atoms with Crippen LogP contribution in [0.15, 0.2) is 45.8 Å². The first kappa shape index (κ1) is 12.9. The van der Waals surface area contributed by atoms with Crippen LogP contribution in [0.2, 0.25) is 0 Å². The van der Waals surface area contributed by atoms with Gasteiger partial charge in [-0.15, -0.1) is 0 Å². The molecule has 0 saturated heterocycles. The van der Waals surface area contributed by atoms with Crippen molar-refractivity contribution >= 4 is 21.6 Å². The summed E-state index contributed by atoms with van der Waals surface area (Å²) in [7, 11) is 0. The quantitative estimate of drug-likeness (QED) is 0.886. The van der Waals surface area contributed by atoms with Gasteiger partial charge < -0.3 is 10.3 Å². The monoisotopic (exact) mass is 306 g/mol. The third kappa shape index (κ3) is 2.82. The standard InChI is InChI=1S/C14H15BrN2O/c1-10-8-12(15)9-17(14(10)18)7-6-11-4-2-3-5-13(11)16/h2-5,8-9H,6-7,16H2,1H3. The summed E-state index contributed by atoms with van der Waals surface area (Å²) in [5, 5.41) is 0. The number of nitrogen functional groups attached to an aromatic ring is 1. The molecule has 0 radical (unpaired) electrons. The molecule has 2 aromatic rings. The van der Waals surface area contributed by atoms with Gasteiger partial charge in [-0.25, -0.2) is 0 Å². The molecule has 3 nitrogen and oxygen atoms in total. The van der Waals surface area contributed by atoms with Crippen LogP contribution < -0.4 is 11.3 Å². The Bertz CT molecular complexity index is 619. The largest absolute Gasteiger partial charge is 0.399 e. The van der Waals surface area contributed by atoms with Crippen LogP contribution >= 0.6 is 15.9 Å². The molecule has 0 bridgehead atoms. The summed E-state index contributed by atoms with van der Waals surface area (Å²) >= 11 is 3.40. The Labute approximate surface area is 114 Å². The zero-order valence-corrected chi connectivity index (χ0v) is 11.8. The van der Waals surface area contributed by atoms with Crippen LogP contribution in [-0.4, -0.2) is 4.57 Å². The van der Waals surface area contributed by atoms with Gasteiger partial charge in [-0.05, 0) is 47.0 Å². The minimum absolute atomic E-state index is 0.0488. The van der Waals surface area contributed by atoms with Crippen LogP contribution in [0.25, 0.3) is 0 Å². The third-order valence-corrected chi connectivity index (χ3v) is 3.34. The summed E-state index contributed by atoms with van der Waals surface area (Å²) in [4.78, 5) is 11.9. The molecule has 1 aromatic heterocycles. The lowest BCUT2D eigenvalue weighted by Gasteiger charge is -2.09. The lowest BCUT2D eigenvalue weighted by molar-refractivity contribution is 0.664. The smallest absolute Gasteiger partial charge is 0.253 e. The van der Waals surface area contributed by atoms with Crippen molar-refractivity contribution in [2.24, 2.45) is 0 Å². The van der Waals surface area contributed by atoms with Crippen molar-refractivity contribution in [1.82, 2.24) is 4.57 Å². The van der Waals surface area contributed by atoms with Gasteiger partial charge >= 0.3 is 0 Å². The number of para-hydroxylation sites is 1. The van der Waals surface area contributed by atoms with E-state index in [1.807, 2.05) is 43.5 Å². The Morgan fingerprint density at radius 3 is 2.78 bits per heavy atom. The number of aromatic nitrogens is 1. The van der Waals surface area contributed by atoms with Gasteiger partial charge in [0.2, 0.25) is 0 Å². The minimum Gasteiger partial charge on any atom is -0.399 e. The van der Waals surface area contributed by atoms with Crippen molar-refractivity contribution < 1.29 is 0 Å². The molecule has 0 atom stereocenters. The molecule has 2 N–H and O–H groups in total. The number of rotatable bonds is 3. The number of nitrogens with zero attached hydrogens (tertiary/aromatic N) is 1. The van der Waals surface area contributed by atoms with Gasteiger partial charge in [0.15, 0.2) is 0 Å². The molecule has 2 rings (SSSR count). The highest BCUT2D eigenvalue weighted by Gasteiger charge is 2.03. The molecule has 1 heterocycles. The van der Waals surface area contributed by atoms with Crippen LogP contribution in [0.4, 0.5) is 5.69 Å². The van der Waals surface area contributed by atoms with Crippen LogP contribution in [0, 0.1) is 6.92 Å². The molecule has 94 valence electrons. The summed E-state index contributed by atoms with van der Waals surface area (Å²) in [5.41, 5.74) is 8.52. The van der Waals surface area contributed by atoms with Crippen molar-refractivity contribution in [3.05, 3.63) is 62.5 Å². The van der Waals surface area contributed by atoms with Gasteiger partial charge in [0.1, 0.15) is 0 Å². The number of hydrogen-bond donors (Lipinski definition) is 1. The van der Waals surface area contributed by atoms with Gasteiger partial charge in [0.25, 0.3) is 5.56 Å². The van der Waals surface area contributed by atoms with Gasteiger partial charge in [-0.3, -0.25) is 4.79 Å². The Hall–Kier alpha value is -1.55. The molecule has 18 heavy (non-hydrogen) atoms. The number of halogens is 1. The van der Waals surface area contributed by atoms with Crippen molar-refractivity contribution in [1.29, 1.82) is 0 Å². The van der Waals surface area contributed by atoms with Crippen molar-refractivity contribution in [3.8, 4) is 0 Å². The van der Waals surface area contributed by atoms with Gasteiger partial charge in [0, 0.05) is 28.5 Å². The first-order valence-electron chi connectivity index (χ1n) is 5.78. The molecule has 4 heteroatoms. The van der Waals surface area contributed by atoms with E-state index in [1.54, 1.807) is 4.57 Å². The maximum absolute atomic E-state index is 11.9. The van der Waals surface area contributed by atoms with E-state index in [0.29, 0.717) is 6.54 Å². The topological polar surface area (TPSA) is 48.0 Å². The van der Waals surface area contributed by atoms with Crippen LogP contribution in [-0.2, 0) is 13.0 Å². The number of benzene rings is 1. The number of aryl methyl sites for hydroxylation is 3. The zero-order chi connectivity index (χ0) is 13.1. The molecule has 0 unspecified atom stereocenters. The van der Waals surface area contributed by atoms with E-state index >= 15 is 0 Å². The summed E-state index contributed by atoms with van der Waals surface area (Å²) in [5.74, 6) is 0. The number of anilines is 1. The lowest BCUT2D eigenvalue weighted by atomic mass is 10.1. The number of pyridine rings is 1. The van der Waals surface area contributed by atoms with E-state index in [0.717, 1.165) is 27.7 Å². The highest BCUT2D eigenvalue weighted by molar-refractivity contribution is 9.10. The fourth-order valence-electron chi connectivity index (χ4n) is 1.91. The maximum atomic E-state index is 11.9. The summed E-state index contributed by atoms with van der Waals surface area (Å²) in [6.45, 7) is 2.45. The van der Waals surface area contributed by atoms with Crippen LogP contribution in [0.5, 0.6) is 0 Å². The minimum atomic E-state index is 0.0488. The fraction of sp³-hybridized carbons (Fsp3) is 0.214. The highest BCUT2D eigenvalue weighted by atomic mass is 79.9. The maximum Gasteiger partial charge on any atom is 0.253 e. The van der Waals surface area contributed by atoms with E-state index in [4.69, 9.17) is 5.73 Å². The molecule has 0 aliphatic carbocycles. The van der Waals surface area contributed by atoms with E-state index in [-0.39, 0.29) is 5.56 Å². The molecule has 0 spiro atoms. The molecule has 0 saturated carbocycles. The Kier molecular flexibility index (Phi) is 3.87. The van der Waals surface area contributed by atoms with E-state index < -0.39 is 0 Å². The third-order valence-electron chi connectivity index (χ3n) is 2.91.